The van der Waals surface area contributed by atoms with E-state index in [0.29, 0.717) is 5.56 Å². The largest absolute Gasteiger partial charge is 0.311 e. The molecule has 0 unspecified atom stereocenters. The second kappa shape index (κ2) is 18.1. The van der Waals surface area contributed by atoms with E-state index in [1.54, 1.807) is 0 Å². The maximum Gasteiger partial charge on any atom is 0.150 e. The molecule has 0 amide bonds. The van der Waals surface area contributed by atoms with Crippen LogP contribution in [-0.2, 0) is 0 Å². The van der Waals surface area contributed by atoms with E-state index in [1.807, 2.05) is 24.3 Å². The van der Waals surface area contributed by atoms with Gasteiger partial charge in [0, 0.05) is 22.6 Å². The van der Waals surface area contributed by atoms with Gasteiger partial charge in [-0.1, -0.05) is 180 Å². The van der Waals surface area contributed by atoms with Crippen molar-refractivity contribution in [3.8, 4) is 0 Å². The van der Waals surface area contributed by atoms with Crippen LogP contribution in [0.15, 0.2) is 194 Å². The summed E-state index contributed by atoms with van der Waals surface area (Å²) in [6.45, 7) is 8.47. The normalized spacial score (nSPS) is 11.1. The van der Waals surface area contributed by atoms with Gasteiger partial charge in [0.2, 0.25) is 0 Å². The van der Waals surface area contributed by atoms with Gasteiger partial charge in [-0.3, -0.25) is 4.79 Å². The Kier molecular flexibility index (Phi) is 12.1. The Labute approximate surface area is 338 Å². The number of anilines is 3. The van der Waals surface area contributed by atoms with Crippen molar-refractivity contribution in [2.75, 3.05) is 4.90 Å². The van der Waals surface area contributed by atoms with Crippen molar-refractivity contribution in [3.63, 3.8) is 0 Å². The first-order chi connectivity index (χ1) is 27.8. The van der Waals surface area contributed by atoms with Crippen molar-refractivity contribution in [3.05, 3.63) is 255 Å². The SMILES string of the molecule is Cc1ccc(C(=C/C=C/c2ccc(N(c3ccc(C=O)cc3)c3ccc(/C=C/C=C(c4ccc(C)cc4)c4ccc(C)cc4)cc3)cc2)c2ccc(C)cc2)cc1. The van der Waals surface area contributed by atoms with Crippen molar-refractivity contribution in [1.82, 2.24) is 0 Å². The Hall–Kier alpha value is -7.03. The summed E-state index contributed by atoms with van der Waals surface area (Å²) in [5, 5.41) is 0. The summed E-state index contributed by atoms with van der Waals surface area (Å²) >= 11 is 0. The minimum atomic E-state index is 0.645. The van der Waals surface area contributed by atoms with Gasteiger partial charge in [-0.05, 0) is 121 Å². The van der Waals surface area contributed by atoms with E-state index in [1.165, 1.54) is 55.7 Å². The molecule has 278 valence electrons. The number of carbonyl (C=O) groups is 1. The van der Waals surface area contributed by atoms with Gasteiger partial charge in [-0.25, -0.2) is 0 Å². The van der Waals surface area contributed by atoms with E-state index in [9.17, 15) is 4.79 Å². The first kappa shape index (κ1) is 38.3. The monoisotopic (exact) mass is 737 g/mol. The van der Waals surface area contributed by atoms with Crippen LogP contribution in [0.1, 0.15) is 66.0 Å². The number of carbonyl (C=O) groups excluding carboxylic acids is 1. The molecule has 0 saturated carbocycles. The standard InChI is InChI=1S/C55H47NO/c1-40-11-25-47(26-12-40)54(48-27-13-41(2)14-28-48)9-5-7-44-19-33-51(34-20-44)56(53-37-23-46(39-57)24-38-53)52-35-21-45(22-36-52)8-6-10-55(49-29-15-42(3)16-30-49)50-31-17-43(4)18-32-50/h5-39H,1-4H3/b7-5+,8-6+. The Morgan fingerprint density at radius 3 is 0.877 bits per heavy atom. The predicted octanol–water partition coefficient (Wildman–Crippen LogP) is 14.5. The van der Waals surface area contributed by atoms with E-state index in [-0.39, 0.29) is 0 Å². The van der Waals surface area contributed by atoms with Gasteiger partial charge in [0.1, 0.15) is 6.29 Å². The van der Waals surface area contributed by atoms with Crippen LogP contribution in [0.25, 0.3) is 23.3 Å². The molecule has 57 heavy (non-hydrogen) atoms. The molecule has 0 fully saturated rings. The van der Waals surface area contributed by atoms with E-state index < -0.39 is 0 Å². The minimum Gasteiger partial charge on any atom is -0.311 e. The zero-order valence-corrected chi connectivity index (χ0v) is 33.1. The fourth-order valence-corrected chi connectivity index (χ4v) is 6.78. The molecule has 0 aliphatic heterocycles. The molecule has 0 bridgehead atoms. The lowest BCUT2D eigenvalue weighted by atomic mass is 9.96. The number of allylic oxidation sites excluding steroid dienone is 4. The highest BCUT2D eigenvalue weighted by atomic mass is 16.1. The molecule has 0 N–H and O–H groups in total. The number of aryl methyl sites for hydroxylation is 4. The van der Waals surface area contributed by atoms with Crippen LogP contribution < -0.4 is 4.90 Å². The topological polar surface area (TPSA) is 20.3 Å². The molecule has 0 atom stereocenters. The summed E-state index contributed by atoms with van der Waals surface area (Å²) in [5.74, 6) is 0. The second-order valence-corrected chi connectivity index (χ2v) is 14.6. The van der Waals surface area contributed by atoms with E-state index in [4.69, 9.17) is 0 Å². The molecule has 7 aromatic carbocycles. The highest BCUT2D eigenvalue weighted by Crippen LogP contribution is 2.35. The summed E-state index contributed by atoms with van der Waals surface area (Å²) in [7, 11) is 0. The molecular weight excluding hydrogens is 691 g/mol. The summed E-state index contributed by atoms with van der Waals surface area (Å²) in [5.41, 5.74) is 18.0. The van der Waals surface area contributed by atoms with Crippen LogP contribution in [-0.4, -0.2) is 6.29 Å². The Morgan fingerprint density at radius 1 is 0.351 bits per heavy atom. The smallest absolute Gasteiger partial charge is 0.150 e. The van der Waals surface area contributed by atoms with E-state index in [2.05, 4.69) is 215 Å². The third-order valence-electron chi connectivity index (χ3n) is 10.1. The van der Waals surface area contributed by atoms with E-state index in [0.717, 1.165) is 34.5 Å². The molecule has 0 aliphatic carbocycles. The predicted molar refractivity (Wildman–Crippen MR) is 243 cm³/mol. The van der Waals surface area contributed by atoms with Gasteiger partial charge in [0.15, 0.2) is 0 Å². The van der Waals surface area contributed by atoms with Crippen molar-refractivity contribution in [2.45, 2.75) is 27.7 Å². The molecule has 0 heterocycles. The fourth-order valence-electron chi connectivity index (χ4n) is 6.78. The number of hydrogen-bond acceptors (Lipinski definition) is 2. The Morgan fingerprint density at radius 2 is 0.614 bits per heavy atom. The zero-order chi connectivity index (χ0) is 39.6. The fraction of sp³-hybridized carbons (Fsp3) is 0.0727. The second-order valence-electron chi connectivity index (χ2n) is 14.6. The van der Waals surface area contributed by atoms with Crippen molar-refractivity contribution in [1.29, 1.82) is 0 Å². The lowest BCUT2D eigenvalue weighted by molar-refractivity contribution is 0.112. The van der Waals surface area contributed by atoms with Crippen LogP contribution in [0, 0.1) is 27.7 Å². The molecule has 0 spiro atoms. The zero-order valence-electron chi connectivity index (χ0n) is 33.1. The van der Waals surface area contributed by atoms with Crippen LogP contribution in [0.5, 0.6) is 0 Å². The summed E-state index contributed by atoms with van der Waals surface area (Å²) in [6.07, 6.45) is 13.8. The average molecular weight is 738 g/mol. The highest BCUT2D eigenvalue weighted by Gasteiger charge is 2.13. The number of hydrogen-bond donors (Lipinski definition) is 0. The third kappa shape index (κ3) is 9.80. The number of aldehydes is 1. The maximum absolute atomic E-state index is 11.5. The molecular formula is C55H47NO. The quantitative estimate of drug-likeness (QED) is 0.0919. The average Bonchev–Trinajstić information content (AvgIpc) is 3.24. The lowest BCUT2D eigenvalue weighted by Crippen LogP contribution is -2.10. The summed E-state index contributed by atoms with van der Waals surface area (Å²) < 4.78 is 0. The van der Waals surface area contributed by atoms with Crippen molar-refractivity contribution >= 4 is 46.6 Å². The Bertz CT molecular complexity index is 2280. The molecule has 0 radical (unpaired) electrons. The molecule has 7 aromatic rings. The number of benzene rings is 7. The molecule has 7 rings (SSSR count). The van der Waals surface area contributed by atoms with Crippen LogP contribution in [0.2, 0.25) is 0 Å². The highest BCUT2D eigenvalue weighted by molar-refractivity contribution is 5.84. The van der Waals surface area contributed by atoms with Gasteiger partial charge >= 0.3 is 0 Å². The van der Waals surface area contributed by atoms with Crippen LogP contribution in [0.3, 0.4) is 0 Å². The summed E-state index contributed by atoms with van der Waals surface area (Å²) in [6, 6.07) is 59.7. The molecule has 2 nitrogen and oxygen atoms in total. The Balaban J connectivity index is 1.15. The minimum absolute atomic E-state index is 0.645. The molecule has 0 aliphatic rings. The molecule has 0 aromatic heterocycles. The van der Waals surface area contributed by atoms with Crippen LogP contribution in [0.4, 0.5) is 17.1 Å². The molecule has 0 saturated heterocycles. The van der Waals surface area contributed by atoms with Gasteiger partial charge < -0.3 is 4.90 Å². The molecule has 2 heteroatoms. The first-order valence-electron chi connectivity index (χ1n) is 19.4. The van der Waals surface area contributed by atoms with Gasteiger partial charge in [-0.15, -0.1) is 0 Å². The third-order valence-corrected chi connectivity index (χ3v) is 10.1. The van der Waals surface area contributed by atoms with Crippen LogP contribution >= 0.6 is 0 Å². The number of rotatable bonds is 12. The maximum atomic E-state index is 11.5. The van der Waals surface area contributed by atoms with Gasteiger partial charge in [-0.2, -0.15) is 0 Å². The lowest BCUT2D eigenvalue weighted by Gasteiger charge is -2.25. The van der Waals surface area contributed by atoms with Crippen molar-refractivity contribution < 1.29 is 4.79 Å². The van der Waals surface area contributed by atoms with Gasteiger partial charge in [0.25, 0.3) is 0 Å². The first-order valence-corrected chi connectivity index (χ1v) is 19.4. The summed E-state index contributed by atoms with van der Waals surface area (Å²) in [4.78, 5) is 13.7. The van der Waals surface area contributed by atoms with Gasteiger partial charge in [0.05, 0.1) is 0 Å². The number of nitrogens with zero attached hydrogens (tertiary/aromatic N) is 1. The van der Waals surface area contributed by atoms with E-state index >= 15 is 0 Å². The van der Waals surface area contributed by atoms with Crippen molar-refractivity contribution in [2.24, 2.45) is 0 Å².